The van der Waals surface area contributed by atoms with E-state index in [1.54, 1.807) is 11.3 Å². The lowest BCUT2D eigenvalue weighted by Crippen LogP contribution is -1.89. The second-order valence-electron chi connectivity index (χ2n) is 3.47. The Labute approximate surface area is 121 Å². The molecule has 2 heterocycles. The van der Waals surface area contributed by atoms with Crippen molar-refractivity contribution in [2.75, 3.05) is 0 Å². The van der Waals surface area contributed by atoms with E-state index >= 15 is 0 Å². The number of fused-ring (bicyclic) bond motifs is 1. The highest BCUT2D eigenvalue weighted by atomic mass is 127. The van der Waals surface area contributed by atoms with E-state index < -0.39 is 0 Å². The molecule has 0 spiro atoms. The summed E-state index contributed by atoms with van der Waals surface area (Å²) in [5, 5.41) is 0.529. The molecule has 5 heteroatoms. The molecule has 1 aromatic carbocycles. The fraction of sp³-hybridized carbons (Fsp3) is 0. The van der Waals surface area contributed by atoms with Gasteiger partial charge in [0.25, 0.3) is 0 Å². The smallest absolute Gasteiger partial charge is 0.161 e. The van der Waals surface area contributed by atoms with Crippen LogP contribution < -0.4 is 0 Å². The molecule has 0 radical (unpaired) electrons. The lowest BCUT2D eigenvalue weighted by molar-refractivity contribution is 1.23. The van der Waals surface area contributed by atoms with Gasteiger partial charge >= 0.3 is 0 Å². The van der Waals surface area contributed by atoms with Crippen molar-refractivity contribution in [3.8, 4) is 11.4 Å². The SMILES string of the molecule is Clc1nc(-c2ccccc2)nc2cc(I)sc12. The number of halogens is 2. The highest BCUT2D eigenvalue weighted by Crippen LogP contribution is 2.32. The Balaban J connectivity index is 2.25. The van der Waals surface area contributed by atoms with E-state index in [2.05, 4.69) is 32.6 Å². The Bertz CT molecular complexity index is 682. The average molecular weight is 373 g/mol. The van der Waals surface area contributed by atoms with Crippen LogP contribution in [0.25, 0.3) is 21.6 Å². The van der Waals surface area contributed by atoms with E-state index in [9.17, 15) is 0 Å². The number of hydrogen-bond acceptors (Lipinski definition) is 3. The van der Waals surface area contributed by atoms with Crippen molar-refractivity contribution >= 4 is 55.7 Å². The van der Waals surface area contributed by atoms with E-state index in [0.717, 1.165) is 15.8 Å². The first-order chi connectivity index (χ1) is 8.24. The molecular weight excluding hydrogens is 367 g/mol. The maximum atomic E-state index is 6.18. The highest BCUT2D eigenvalue weighted by Gasteiger charge is 2.10. The van der Waals surface area contributed by atoms with Gasteiger partial charge in [-0.3, -0.25) is 0 Å². The number of nitrogens with zero attached hydrogens (tertiary/aromatic N) is 2. The molecule has 3 rings (SSSR count). The molecule has 0 unspecified atom stereocenters. The van der Waals surface area contributed by atoms with Gasteiger partial charge in [-0.15, -0.1) is 11.3 Å². The van der Waals surface area contributed by atoms with Crippen LogP contribution in [0, 0.1) is 2.88 Å². The predicted octanol–water partition coefficient (Wildman–Crippen LogP) is 4.62. The number of rotatable bonds is 1. The van der Waals surface area contributed by atoms with Gasteiger partial charge in [0.05, 0.1) is 13.1 Å². The summed E-state index contributed by atoms with van der Waals surface area (Å²) in [4.78, 5) is 8.88. The van der Waals surface area contributed by atoms with Gasteiger partial charge in [0.15, 0.2) is 11.0 Å². The van der Waals surface area contributed by atoms with Crippen molar-refractivity contribution in [3.05, 3.63) is 44.4 Å². The molecule has 0 saturated carbocycles. The topological polar surface area (TPSA) is 25.8 Å². The lowest BCUT2D eigenvalue weighted by atomic mass is 10.2. The second kappa shape index (κ2) is 4.51. The third-order valence-corrected chi connectivity index (χ3v) is 4.61. The normalized spacial score (nSPS) is 10.9. The summed E-state index contributed by atoms with van der Waals surface area (Å²) in [6.45, 7) is 0. The largest absolute Gasteiger partial charge is 0.227 e. The van der Waals surface area contributed by atoms with Gasteiger partial charge in [-0.05, 0) is 28.7 Å². The summed E-state index contributed by atoms with van der Waals surface area (Å²) in [5.74, 6) is 0.678. The minimum Gasteiger partial charge on any atom is -0.227 e. The molecule has 2 nitrogen and oxygen atoms in total. The maximum Gasteiger partial charge on any atom is 0.161 e. The molecule has 84 valence electrons. The summed E-state index contributed by atoms with van der Waals surface area (Å²) < 4.78 is 2.12. The Morgan fingerprint density at radius 1 is 1.12 bits per heavy atom. The van der Waals surface area contributed by atoms with Gasteiger partial charge in [-0.2, -0.15) is 0 Å². The third kappa shape index (κ3) is 2.17. The lowest BCUT2D eigenvalue weighted by Gasteiger charge is -2.00. The van der Waals surface area contributed by atoms with Crippen LogP contribution >= 0.6 is 45.5 Å². The molecule has 0 amide bonds. The molecule has 0 fully saturated rings. The fourth-order valence-corrected chi connectivity index (χ4v) is 3.54. The molecule has 0 bridgehead atoms. The van der Waals surface area contributed by atoms with Crippen LogP contribution in [-0.2, 0) is 0 Å². The van der Waals surface area contributed by atoms with Crippen LogP contribution in [0.2, 0.25) is 5.15 Å². The second-order valence-corrected chi connectivity index (χ2v) is 6.77. The standard InChI is InChI=1S/C12H6ClIN2S/c13-11-10-8(6-9(14)17-10)15-12(16-11)7-4-2-1-3-5-7/h1-6H. The summed E-state index contributed by atoms with van der Waals surface area (Å²) in [6.07, 6.45) is 0. The van der Waals surface area contributed by atoms with Gasteiger partial charge in [0.2, 0.25) is 0 Å². The Kier molecular flexibility index (Phi) is 3.02. The summed E-state index contributed by atoms with van der Waals surface area (Å²) in [6, 6.07) is 11.9. The highest BCUT2D eigenvalue weighted by molar-refractivity contribution is 14.1. The monoisotopic (exact) mass is 372 g/mol. The Morgan fingerprint density at radius 3 is 2.65 bits per heavy atom. The van der Waals surface area contributed by atoms with Crippen LogP contribution in [0.1, 0.15) is 0 Å². The predicted molar refractivity (Wildman–Crippen MR) is 80.6 cm³/mol. The molecule has 0 N–H and O–H groups in total. The first kappa shape index (κ1) is 11.4. The minimum absolute atomic E-state index is 0.529. The Morgan fingerprint density at radius 2 is 1.88 bits per heavy atom. The van der Waals surface area contributed by atoms with Crippen LogP contribution in [0.3, 0.4) is 0 Å². The molecule has 3 aromatic rings. The quantitative estimate of drug-likeness (QED) is 0.460. The van der Waals surface area contributed by atoms with E-state index in [1.165, 1.54) is 2.88 Å². The van der Waals surface area contributed by atoms with Crippen molar-refractivity contribution in [1.29, 1.82) is 0 Å². The maximum absolute atomic E-state index is 6.18. The zero-order valence-corrected chi connectivity index (χ0v) is 12.3. The van der Waals surface area contributed by atoms with Gasteiger partial charge in [-0.1, -0.05) is 41.9 Å². The van der Waals surface area contributed by atoms with Crippen molar-refractivity contribution in [1.82, 2.24) is 9.97 Å². The van der Waals surface area contributed by atoms with E-state index in [4.69, 9.17) is 11.6 Å². The summed E-state index contributed by atoms with van der Waals surface area (Å²) >= 11 is 10.1. The third-order valence-electron chi connectivity index (χ3n) is 2.33. The van der Waals surface area contributed by atoms with Gasteiger partial charge in [-0.25, -0.2) is 9.97 Å². The number of benzene rings is 1. The van der Waals surface area contributed by atoms with Crippen LogP contribution in [-0.4, -0.2) is 9.97 Å². The van der Waals surface area contributed by atoms with E-state index in [-0.39, 0.29) is 0 Å². The Hall–Kier alpha value is -0.720. The first-order valence-electron chi connectivity index (χ1n) is 4.92. The zero-order chi connectivity index (χ0) is 11.8. The van der Waals surface area contributed by atoms with Crippen molar-refractivity contribution in [3.63, 3.8) is 0 Å². The molecule has 0 aliphatic rings. The van der Waals surface area contributed by atoms with Crippen molar-refractivity contribution < 1.29 is 0 Å². The molecule has 0 aliphatic carbocycles. The van der Waals surface area contributed by atoms with Gasteiger partial charge in [0.1, 0.15) is 0 Å². The molecule has 0 aliphatic heterocycles. The molecule has 0 atom stereocenters. The van der Waals surface area contributed by atoms with Crippen LogP contribution in [0.15, 0.2) is 36.4 Å². The summed E-state index contributed by atoms with van der Waals surface area (Å²) in [5.41, 5.74) is 1.90. The van der Waals surface area contributed by atoms with E-state index in [1.807, 2.05) is 36.4 Å². The van der Waals surface area contributed by atoms with Gasteiger partial charge < -0.3 is 0 Å². The number of thiophene rings is 1. The molecule has 0 saturated heterocycles. The average Bonchev–Trinajstić information content (AvgIpc) is 2.71. The molecule has 17 heavy (non-hydrogen) atoms. The number of aromatic nitrogens is 2. The van der Waals surface area contributed by atoms with Crippen LogP contribution in [0.5, 0.6) is 0 Å². The number of hydrogen-bond donors (Lipinski definition) is 0. The zero-order valence-electron chi connectivity index (χ0n) is 8.52. The van der Waals surface area contributed by atoms with Gasteiger partial charge in [0, 0.05) is 5.56 Å². The minimum atomic E-state index is 0.529. The van der Waals surface area contributed by atoms with Crippen molar-refractivity contribution in [2.45, 2.75) is 0 Å². The fourth-order valence-electron chi connectivity index (χ4n) is 1.58. The van der Waals surface area contributed by atoms with E-state index in [0.29, 0.717) is 11.0 Å². The molecular formula is C12H6ClIN2S. The summed E-state index contributed by atoms with van der Waals surface area (Å²) in [7, 11) is 0. The van der Waals surface area contributed by atoms with Crippen molar-refractivity contribution in [2.24, 2.45) is 0 Å². The first-order valence-corrected chi connectivity index (χ1v) is 7.19. The molecule has 2 aromatic heterocycles. The van der Waals surface area contributed by atoms with Crippen LogP contribution in [0.4, 0.5) is 0 Å².